The van der Waals surface area contributed by atoms with Crippen molar-refractivity contribution >= 4 is 27.9 Å². The number of halogens is 1. The van der Waals surface area contributed by atoms with Crippen LogP contribution < -0.4 is 5.32 Å². The summed E-state index contributed by atoms with van der Waals surface area (Å²) in [5, 5.41) is 10.2. The topological polar surface area (TPSA) is 52.9 Å². The van der Waals surface area contributed by atoms with E-state index in [0.29, 0.717) is 0 Å². The predicted octanol–water partition coefficient (Wildman–Crippen LogP) is 2.37. The first-order valence-electron chi connectivity index (χ1n) is 4.27. The molecule has 1 aromatic rings. The molecule has 0 aliphatic heterocycles. The first kappa shape index (κ1) is 11.5. The third-order valence-corrected chi connectivity index (χ3v) is 2.44. The summed E-state index contributed by atoms with van der Waals surface area (Å²) in [5.74, 6) is -0.426. The first-order chi connectivity index (χ1) is 7.13. The highest BCUT2D eigenvalue weighted by Gasteiger charge is 1.97. The van der Waals surface area contributed by atoms with Gasteiger partial charge in [0.1, 0.15) is 0 Å². The molecule has 1 aromatic carbocycles. The van der Waals surface area contributed by atoms with Gasteiger partial charge in [-0.3, -0.25) is 10.1 Å². The second-order valence-corrected chi connectivity index (χ2v) is 3.81. The summed E-state index contributed by atoms with van der Waals surface area (Å²) in [4.78, 5) is 11.0. The van der Waals surface area contributed by atoms with E-state index in [9.17, 15) is 4.79 Å². The fourth-order valence-electron chi connectivity index (χ4n) is 1.03. The third kappa shape index (κ3) is 3.56. The molecular formula is C11H9BrN2O. The van der Waals surface area contributed by atoms with Crippen molar-refractivity contribution in [2.24, 2.45) is 0 Å². The Morgan fingerprint density at radius 1 is 1.60 bits per heavy atom. The minimum Gasteiger partial charge on any atom is -0.269 e. The fourth-order valence-corrected chi connectivity index (χ4v) is 1.65. The molecular weight excluding hydrogens is 256 g/mol. The molecule has 0 spiro atoms. The number of nitrogens with one attached hydrogen (secondary N) is 1. The molecule has 0 aliphatic carbocycles. The highest BCUT2D eigenvalue weighted by Crippen LogP contribution is 2.19. The number of hydrogen-bond acceptors (Lipinski definition) is 2. The fraction of sp³-hybridized carbons (Fsp3) is 0.0909. The van der Waals surface area contributed by atoms with Gasteiger partial charge in [-0.25, -0.2) is 0 Å². The van der Waals surface area contributed by atoms with Crippen LogP contribution in [0.3, 0.4) is 0 Å². The Hall–Kier alpha value is -1.60. The maximum Gasteiger partial charge on any atom is 0.256 e. The van der Waals surface area contributed by atoms with E-state index in [1.807, 2.05) is 30.4 Å². The predicted molar refractivity (Wildman–Crippen MR) is 61.7 cm³/mol. The van der Waals surface area contributed by atoms with Crippen molar-refractivity contribution in [2.75, 3.05) is 0 Å². The SMILES string of the molecule is Cc1ccc(C=CC(=O)NC#N)c(Br)c1. The van der Waals surface area contributed by atoms with Gasteiger partial charge in [0.2, 0.25) is 0 Å². The summed E-state index contributed by atoms with van der Waals surface area (Å²) in [5.41, 5.74) is 2.04. The number of nitriles is 1. The van der Waals surface area contributed by atoms with Gasteiger partial charge >= 0.3 is 0 Å². The van der Waals surface area contributed by atoms with Crippen LogP contribution in [0.4, 0.5) is 0 Å². The normalized spacial score (nSPS) is 9.93. The molecule has 0 saturated heterocycles. The zero-order valence-electron chi connectivity index (χ0n) is 8.12. The summed E-state index contributed by atoms with van der Waals surface area (Å²) >= 11 is 3.39. The number of amides is 1. The van der Waals surface area contributed by atoms with Gasteiger partial charge in [0.25, 0.3) is 5.91 Å². The lowest BCUT2D eigenvalue weighted by Gasteiger charge is -1.99. The Morgan fingerprint density at radius 3 is 2.93 bits per heavy atom. The standard InChI is InChI=1S/C11H9BrN2O/c1-8-2-3-9(10(12)6-8)4-5-11(15)14-7-13/h2-6H,1H3,(H,14,15). The van der Waals surface area contributed by atoms with Crippen LogP contribution in [0.1, 0.15) is 11.1 Å². The van der Waals surface area contributed by atoms with Crippen molar-refractivity contribution in [1.29, 1.82) is 5.26 Å². The Bertz CT molecular complexity index is 446. The molecule has 0 bridgehead atoms. The highest BCUT2D eigenvalue weighted by atomic mass is 79.9. The number of benzene rings is 1. The molecule has 0 aliphatic rings. The zero-order valence-corrected chi connectivity index (χ0v) is 9.71. The van der Waals surface area contributed by atoms with E-state index in [2.05, 4.69) is 15.9 Å². The van der Waals surface area contributed by atoms with Gasteiger partial charge in [-0.05, 0) is 30.2 Å². The molecule has 1 rings (SSSR count). The van der Waals surface area contributed by atoms with Crippen LogP contribution in [0.15, 0.2) is 28.7 Å². The molecule has 1 amide bonds. The second-order valence-electron chi connectivity index (χ2n) is 2.96. The Kier molecular flexibility index (Phi) is 4.07. The molecule has 0 unspecified atom stereocenters. The number of carbonyl (C=O) groups excluding carboxylic acids is 1. The lowest BCUT2D eigenvalue weighted by Crippen LogP contribution is -2.13. The number of rotatable bonds is 2. The number of aryl methyl sites for hydroxylation is 1. The van der Waals surface area contributed by atoms with Crippen LogP contribution in [-0.2, 0) is 4.79 Å². The van der Waals surface area contributed by atoms with Crippen LogP contribution in [0.5, 0.6) is 0 Å². The van der Waals surface area contributed by atoms with Crippen LogP contribution in [0.25, 0.3) is 6.08 Å². The molecule has 1 N–H and O–H groups in total. The minimum atomic E-state index is -0.426. The number of carbonyl (C=O) groups is 1. The Balaban J connectivity index is 2.82. The van der Waals surface area contributed by atoms with E-state index in [1.54, 1.807) is 12.3 Å². The van der Waals surface area contributed by atoms with E-state index >= 15 is 0 Å². The van der Waals surface area contributed by atoms with Gasteiger partial charge in [-0.2, -0.15) is 5.26 Å². The molecule has 15 heavy (non-hydrogen) atoms. The summed E-state index contributed by atoms with van der Waals surface area (Å²) in [6.07, 6.45) is 4.53. The maximum atomic E-state index is 11.0. The molecule has 3 nitrogen and oxygen atoms in total. The van der Waals surface area contributed by atoms with E-state index in [4.69, 9.17) is 5.26 Å². The zero-order chi connectivity index (χ0) is 11.3. The van der Waals surface area contributed by atoms with Crippen molar-refractivity contribution in [3.8, 4) is 6.19 Å². The van der Waals surface area contributed by atoms with Crippen LogP contribution in [0, 0.1) is 18.4 Å². The molecule has 0 atom stereocenters. The van der Waals surface area contributed by atoms with Crippen molar-refractivity contribution < 1.29 is 4.79 Å². The summed E-state index contributed by atoms with van der Waals surface area (Å²) in [6, 6.07) is 5.81. The largest absolute Gasteiger partial charge is 0.269 e. The van der Waals surface area contributed by atoms with Gasteiger partial charge in [-0.1, -0.05) is 28.1 Å². The average molecular weight is 265 g/mol. The minimum absolute atomic E-state index is 0.426. The van der Waals surface area contributed by atoms with Crippen molar-refractivity contribution in [3.05, 3.63) is 39.9 Å². The monoisotopic (exact) mass is 264 g/mol. The molecule has 0 radical (unpaired) electrons. The van der Waals surface area contributed by atoms with E-state index < -0.39 is 5.91 Å². The summed E-state index contributed by atoms with van der Waals surface area (Å²) < 4.78 is 0.920. The van der Waals surface area contributed by atoms with E-state index in [1.165, 1.54) is 6.08 Å². The van der Waals surface area contributed by atoms with Crippen LogP contribution in [-0.4, -0.2) is 5.91 Å². The van der Waals surface area contributed by atoms with Gasteiger partial charge in [0.05, 0.1) is 0 Å². The first-order valence-corrected chi connectivity index (χ1v) is 5.06. The molecule has 0 saturated carbocycles. The van der Waals surface area contributed by atoms with E-state index in [0.717, 1.165) is 15.6 Å². The van der Waals surface area contributed by atoms with Gasteiger partial charge < -0.3 is 0 Å². The number of hydrogen-bond donors (Lipinski definition) is 1. The molecule has 76 valence electrons. The summed E-state index contributed by atoms with van der Waals surface area (Å²) in [6.45, 7) is 1.99. The lowest BCUT2D eigenvalue weighted by atomic mass is 10.1. The highest BCUT2D eigenvalue weighted by molar-refractivity contribution is 9.10. The maximum absolute atomic E-state index is 11.0. The Labute approximate surface area is 96.5 Å². The van der Waals surface area contributed by atoms with Crippen molar-refractivity contribution in [2.45, 2.75) is 6.92 Å². The van der Waals surface area contributed by atoms with Gasteiger partial charge in [-0.15, -0.1) is 0 Å². The molecule has 0 fully saturated rings. The van der Waals surface area contributed by atoms with Crippen LogP contribution in [0.2, 0.25) is 0 Å². The molecule has 0 heterocycles. The lowest BCUT2D eigenvalue weighted by molar-refractivity contribution is -0.115. The smallest absolute Gasteiger partial charge is 0.256 e. The quantitative estimate of drug-likeness (QED) is 0.507. The Morgan fingerprint density at radius 2 is 2.33 bits per heavy atom. The van der Waals surface area contributed by atoms with Crippen LogP contribution >= 0.6 is 15.9 Å². The van der Waals surface area contributed by atoms with Crippen molar-refractivity contribution in [1.82, 2.24) is 5.32 Å². The third-order valence-electron chi connectivity index (χ3n) is 1.75. The van der Waals surface area contributed by atoms with Gasteiger partial charge in [0.15, 0.2) is 6.19 Å². The molecule has 0 aromatic heterocycles. The van der Waals surface area contributed by atoms with Gasteiger partial charge in [0, 0.05) is 10.5 Å². The van der Waals surface area contributed by atoms with Crippen molar-refractivity contribution in [3.63, 3.8) is 0 Å². The van der Waals surface area contributed by atoms with E-state index in [-0.39, 0.29) is 0 Å². The molecule has 4 heteroatoms. The summed E-state index contributed by atoms with van der Waals surface area (Å²) in [7, 11) is 0. The number of nitrogens with zero attached hydrogens (tertiary/aromatic N) is 1. The second kappa shape index (κ2) is 5.32. The average Bonchev–Trinajstić information content (AvgIpc) is 2.17.